The lowest BCUT2D eigenvalue weighted by molar-refractivity contribution is -0.132. The van der Waals surface area contributed by atoms with Crippen LogP contribution in [0.2, 0.25) is 0 Å². The highest BCUT2D eigenvalue weighted by atomic mass is 16.4. The van der Waals surface area contributed by atoms with Crippen LogP contribution in [-0.2, 0) is 48.9 Å². The second kappa shape index (κ2) is 14.0. The van der Waals surface area contributed by atoms with Crippen LogP contribution in [-0.4, -0.2) is 67.3 Å². The largest absolute Gasteiger partial charge is 0.478 e. The zero-order chi connectivity index (χ0) is 32.0. The number of carbonyl (C=O) groups is 5. The van der Waals surface area contributed by atoms with Crippen LogP contribution < -0.4 is 0 Å². The van der Waals surface area contributed by atoms with E-state index in [-0.39, 0.29) is 55.2 Å². The Balaban J connectivity index is 1.87. The second-order valence-electron chi connectivity index (χ2n) is 11.2. The molecule has 1 heterocycles. The molecule has 1 aliphatic heterocycles. The lowest BCUT2D eigenvalue weighted by Gasteiger charge is -2.25. The highest BCUT2D eigenvalue weighted by Gasteiger charge is 2.19. The number of rotatable bonds is 6. The molecule has 11 nitrogen and oxygen atoms in total. The predicted molar refractivity (Wildman–Crippen MR) is 160 cm³/mol. The standard InChI is InChI=1S/C33H35N3O8/c1-3-4-30(38)36-18-25-6-22(9-28(12-25)32(41)42)15-34(2)14-21-5-23(10-27(8-21)31(39)40)16-35(20-37)17-24-7-26(19-36)13-29(11-24)33(43)44/h5-13,20H,3-4,14-19H2,1-2H3,(H,39,40)(H,41,42)(H,43,44). The SMILES string of the molecule is CCCC(=O)N1Cc2cc(cc(C(=O)O)c2)CN(C)Cc2cc(cc(C(=O)O)c2)CN(C=O)Cc2cc(cc(C(=O)O)c2)C1. The van der Waals surface area contributed by atoms with Crippen molar-refractivity contribution < 1.29 is 39.3 Å². The van der Waals surface area contributed by atoms with Crippen LogP contribution in [0.1, 0.15) is 84.2 Å². The van der Waals surface area contributed by atoms with E-state index in [0.29, 0.717) is 59.3 Å². The van der Waals surface area contributed by atoms with Gasteiger partial charge in [-0.1, -0.05) is 25.1 Å². The van der Waals surface area contributed by atoms with Gasteiger partial charge in [-0.25, -0.2) is 14.4 Å². The molecule has 1 aliphatic rings. The number of aromatic carboxylic acids is 3. The Morgan fingerprint density at radius 3 is 1.27 bits per heavy atom. The maximum atomic E-state index is 13.3. The van der Waals surface area contributed by atoms with E-state index in [4.69, 9.17) is 0 Å². The summed E-state index contributed by atoms with van der Waals surface area (Å²) >= 11 is 0. The molecule has 0 aromatic heterocycles. The Kier molecular flexibility index (Phi) is 10.1. The van der Waals surface area contributed by atoms with Crippen molar-refractivity contribution in [3.63, 3.8) is 0 Å². The molecule has 0 saturated carbocycles. The molecule has 6 bridgehead atoms. The topological polar surface area (TPSA) is 156 Å². The van der Waals surface area contributed by atoms with Crippen LogP contribution in [0.4, 0.5) is 0 Å². The van der Waals surface area contributed by atoms with Gasteiger partial charge in [0.05, 0.1) is 16.7 Å². The van der Waals surface area contributed by atoms with Gasteiger partial charge in [0.1, 0.15) is 0 Å². The summed E-state index contributed by atoms with van der Waals surface area (Å²) < 4.78 is 0. The van der Waals surface area contributed by atoms with Gasteiger partial charge >= 0.3 is 17.9 Å². The van der Waals surface area contributed by atoms with E-state index in [1.165, 1.54) is 29.2 Å². The minimum Gasteiger partial charge on any atom is -0.478 e. The Labute approximate surface area is 254 Å². The van der Waals surface area contributed by atoms with Crippen LogP contribution in [0, 0.1) is 0 Å². The predicted octanol–water partition coefficient (Wildman–Crippen LogP) is 4.21. The number of hydrogen-bond donors (Lipinski definition) is 3. The fourth-order valence-electron chi connectivity index (χ4n) is 5.53. The number of hydrogen-bond acceptors (Lipinski definition) is 6. The van der Waals surface area contributed by atoms with Gasteiger partial charge in [0.2, 0.25) is 12.3 Å². The lowest BCUT2D eigenvalue weighted by atomic mass is 10.0. The van der Waals surface area contributed by atoms with Crippen LogP contribution in [0.15, 0.2) is 54.6 Å². The number of nitrogens with zero attached hydrogens (tertiary/aromatic N) is 3. The number of benzene rings is 3. The van der Waals surface area contributed by atoms with E-state index in [9.17, 15) is 39.3 Å². The fourth-order valence-corrected chi connectivity index (χ4v) is 5.53. The first-order chi connectivity index (χ1) is 20.9. The molecule has 0 saturated heterocycles. The van der Waals surface area contributed by atoms with Gasteiger partial charge < -0.3 is 25.1 Å². The van der Waals surface area contributed by atoms with E-state index in [0.717, 1.165) is 0 Å². The summed E-state index contributed by atoms with van der Waals surface area (Å²) in [6.45, 7) is 2.88. The lowest BCUT2D eigenvalue weighted by Crippen LogP contribution is -2.30. The molecule has 11 heteroatoms. The molecule has 0 atom stereocenters. The van der Waals surface area contributed by atoms with Gasteiger partial charge in [0, 0.05) is 45.7 Å². The molecule has 2 amide bonds. The van der Waals surface area contributed by atoms with Crippen molar-refractivity contribution in [1.82, 2.24) is 14.7 Å². The monoisotopic (exact) mass is 601 g/mol. The van der Waals surface area contributed by atoms with Crippen molar-refractivity contribution in [2.75, 3.05) is 7.05 Å². The van der Waals surface area contributed by atoms with Gasteiger partial charge in [-0.2, -0.15) is 0 Å². The van der Waals surface area contributed by atoms with Gasteiger partial charge in [-0.05, 0) is 83.2 Å². The average Bonchev–Trinajstić information content (AvgIpc) is 2.95. The molecule has 3 N–H and O–H groups in total. The summed E-state index contributed by atoms with van der Waals surface area (Å²) in [6.07, 6.45) is 1.49. The van der Waals surface area contributed by atoms with Crippen LogP contribution in [0.25, 0.3) is 0 Å². The Hall–Kier alpha value is -5.03. The van der Waals surface area contributed by atoms with Crippen molar-refractivity contribution >= 4 is 30.2 Å². The normalized spacial score (nSPS) is 14.3. The summed E-state index contributed by atoms with van der Waals surface area (Å²) in [6, 6.07) is 14.5. The van der Waals surface area contributed by atoms with E-state index >= 15 is 0 Å². The summed E-state index contributed by atoms with van der Waals surface area (Å²) in [5, 5.41) is 29.4. The van der Waals surface area contributed by atoms with Crippen molar-refractivity contribution in [2.45, 2.75) is 59.0 Å². The average molecular weight is 602 g/mol. The molecular formula is C33H35N3O8. The van der Waals surface area contributed by atoms with E-state index in [2.05, 4.69) is 0 Å². The summed E-state index contributed by atoms with van der Waals surface area (Å²) in [5.74, 6) is -3.55. The molecule has 0 fully saturated rings. The molecule has 0 aliphatic carbocycles. The van der Waals surface area contributed by atoms with Crippen LogP contribution >= 0.6 is 0 Å². The van der Waals surface area contributed by atoms with Gasteiger partial charge in [0.15, 0.2) is 0 Å². The summed E-state index contributed by atoms with van der Waals surface area (Å²) in [5.41, 5.74) is 3.78. The highest BCUT2D eigenvalue weighted by Crippen LogP contribution is 2.22. The summed E-state index contributed by atoms with van der Waals surface area (Å²) in [7, 11) is 1.83. The third kappa shape index (κ3) is 8.29. The molecule has 44 heavy (non-hydrogen) atoms. The Morgan fingerprint density at radius 1 is 0.614 bits per heavy atom. The first-order valence-corrected chi connectivity index (χ1v) is 14.2. The fraction of sp³-hybridized carbons (Fsp3) is 0.303. The first kappa shape index (κ1) is 31.9. The zero-order valence-corrected chi connectivity index (χ0v) is 24.7. The molecule has 0 spiro atoms. The molecule has 3 aromatic carbocycles. The molecule has 3 aromatic rings. The minimum atomic E-state index is -1.17. The smallest absolute Gasteiger partial charge is 0.335 e. The van der Waals surface area contributed by atoms with Crippen molar-refractivity contribution in [2.24, 2.45) is 0 Å². The van der Waals surface area contributed by atoms with Crippen LogP contribution in [0.3, 0.4) is 0 Å². The minimum absolute atomic E-state index is 0.00555. The van der Waals surface area contributed by atoms with E-state index in [1.807, 2.05) is 31.0 Å². The van der Waals surface area contributed by atoms with Gasteiger partial charge in [0.25, 0.3) is 0 Å². The zero-order valence-electron chi connectivity index (χ0n) is 24.7. The van der Waals surface area contributed by atoms with Gasteiger partial charge in [-0.3, -0.25) is 14.5 Å². The number of carbonyl (C=O) groups excluding carboxylic acids is 2. The third-order valence-electron chi connectivity index (χ3n) is 7.29. The van der Waals surface area contributed by atoms with E-state index in [1.54, 1.807) is 23.1 Å². The van der Waals surface area contributed by atoms with Crippen molar-refractivity contribution in [1.29, 1.82) is 0 Å². The summed E-state index contributed by atoms with van der Waals surface area (Å²) in [4.78, 5) is 66.3. The molecule has 0 unspecified atom stereocenters. The molecule has 4 rings (SSSR count). The van der Waals surface area contributed by atoms with Crippen molar-refractivity contribution in [3.05, 3.63) is 105 Å². The van der Waals surface area contributed by atoms with E-state index < -0.39 is 17.9 Å². The molecular weight excluding hydrogens is 566 g/mol. The van der Waals surface area contributed by atoms with Crippen molar-refractivity contribution in [3.8, 4) is 0 Å². The third-order valence-corrected chi connectivity index (χ3v) is 7.29. The maximum Gasteiger partial charge on any atom is 0.335 e. The molecule has 230 valence electrons. The number of amides is 2. The Bertz CT molecular complexity index is 1600. The number of carboxylic acids is 3. The second-order valence-corrected chi connectivity index (χ2v) is 11.2. The maximum absolute atomic E-state index is 13.3. The number of fused-ring (bicyclic) bond motifs is 6. The quantitative estimate of drug-likeness (QED) is 0.352. The van der Waals surface area contributed by atoms with Gasteiger partial charge in [-0.15, -0.1) is 0 Å². The van der Waals surface area contributed by atoms with Crippen LogP contribution in [0.5, 0.6) is 0 Å². The molecule has 0 radical (unpaired) electrons. The first-order valence-electron chi connectivity index (χ1n) is 14.2. The Morgan fingerprint density at radius 2 is 0.955 bits per heavy atom. The highest BCUT2D eigenvalue weighted by molar-refractivity contribution is 5.89. The number of carboxylic acid groups (broad SMARTS) is 3.